The third-order valence-corrected chi connectivity index (χ3v) is 0. The van der Waals surface area contributed by atoms with Gasteiger partial charge in [0.05, 0.1) is 0 Å². The van der Waals surface area contributed by atoms with Crippen LogP contribution < -0.4 is 0 Å². The van der Waals surface area contributed by atoms with E-state index >= 15 is 0 Å². The summed E-state index contributed by atoms with van der Waals surface area (Å²) in [6, 6.07) is 0. The zero-order valence-electron chi connectivity index (χ0n) is 3.38. The second kappa shape index (κ2) is 11400. The molecule has 0 bridgehead atoms. The van der Waals surface area contributed by atoms with Crippen molar-refractivity contribution >= 4 is 0 Å². The van der Waals surface area contributed by atoms with Gasteiger partial charge in [-0.1, -0.05) is 9.05 Å². The molecule has 0 aromatic rings. The Kier molecular flexibility index (Phi) is 59700. The minimum atomic E-state index is 0. The molecule has 0 atom stereocenters. The van der Waals surface area contributed by atoms with Crippen molar-refractivity contribution in [3.8, 4) is 0 Å². The van der Waals surface area contributed by atoms with Crippen LogP contribution in [0, 0.1) is 0 Å². The third kappa shape index (κ3) is 6870. The maximum absolute atomic E-state index is 8.50. The van der Waals surface area contributed by atoms with Gasteiger partial charge in [0.15, 0.2) is 0 Å². The normalized spacial score (nSPS) is 1.88. The van der Waals surface area contributed by atoms with E-state index in [0.29, 0.717) is 0 Å². The van der Waals surface area contributed by atoms with Crippen molar-refractivity contribution in [2.45, 2.75) is 0 Å². The van der Waals surface area contributed by atoms with Crippen LogP contribution in [-0.2, 0) is 23.7 Å². The zero-order chi connectivity index (χ0) is 6.00. The van der Waals surface area contributed by atoms with Crippen molar-refractivity contribution in [1.82, 2.24) is 0 Å². The van der Waals surface area contributed by atoms with Crippen LogP contribution in [0.3, 0.4) is 0 Å². The Morgan fingerprint density at radius 2 is 0.875 bits per heavy atom. The molecular weight excluding hydrogens is 172 g/mol. The third-order valence-electron chi connectivity index (χ3n) is 0. The van der Waals surface area contributed by atoms with Crippen LogP contribution in [0.15, 0.2) is 0 Å². The van der Waals surface area contributed by atoms with Crippen molar-refractivity contribution in [1.29, 1.82) is 0 Å². The summed E-state index contributed by atoms with van der Waals surface area (Å²) < 4.78 is 25.2. The predicted molar refractivity (Wildman–Crippen MR) is 12.3 cm³/mol. The molecule has 0 aliphatic rings. The van der Waals surface area contributed by atoms with Gasteiger partial charge in [-0.05, 0) is 0 Å². The van der Waals surface area contributed by atoms with Crippen LogP contribution in [-0.4, -0.2) is 10.6 Å². The Balaban J connectivity index is -0.00000000500. The first-order valence-corrected chi connectivity index (χ1v) is 1.18. The molecule has 8 heteroatoms. The summed E-state index contributed by atoms with van der Waals surface area (Å²) in [6.45, 7) is 0. The molecular formula is H4F4O3Ti. The van der Waals surface area contributed by atoms with Gasteiger partial charge in [0.25, 0.3) is 0 Å². The number of hydrogen-bond acceptors (Lipinski definition) is 3. The molecule has 54 valence electrons. The van der Waals surface area contributed by atoms with E-state index in [1.807, 2.05) is 0 Å². The van der Waals surface area contributed by atoms with Crippen LogP contribution in [0.1, 0.15) is 0 Å². The van der Waals surface area contributed by atoms with Crippen molar-refractivity contribution in [2.24, 2.45) is 0 Å². The fraction of sp³-hybridized carbons (Fsp3) is 0. The van der Waals surface area contributed by atoms with Crippen molar-refractivity contribution in [3.05, 3.63) is 0 Å². The van der Waals surface area contributed by atoms with Gasteiger partial charge in [-0.3, -0.25) is 9.41 Å². The molecule has 0 unspecified atom stereocenters. The molecule has 0 aromatic carbocycles. The molecule has 0 aliphatic carbocycles. The van der Waals surface area contributed by atoms with Crippen molar-refractivity contribution < 1.29 is 52.8 Å². The number of hydrogen-bond donors (Lipinski definition) is 2. The molecule has 3 nitrogen and oxygen atoms in total. The molecule has 8 heavy (non-hydrogen) atoms. The topological polar surface area (TPSA) is 57.5 Å². The fourth-order valence-electron chi connectivity index (χ4n) is 0. The molecule has 2 N–H and O–H groups in total. The first-order chi connectivity index (χ1) is 3.00. The summed E-state index contributed by atoms with van der Waals surface area (Å²) in [7, 11) is 0. The summed E-state index contributed by atoms with van der Waals surface area (Å²) in [5, 5.41) is 11.0. The maximum atomic E-state index is 8.50. The molecule has 0 saturated heterocycles. The van der Waals surface area contributed by atoms with Crippen LogP contribution in [0.2, 0.25) is 0 Å². The fourth-order valence-corrected chi connectivity index (χ4v) is 0. The number of rotatable bonds is 0. The van der Waals surface area contributed by atoms with E-state index < -0.39 is 0 Å². The van der Waals surface area contributed by atoms with Gasteiger partial charge in [-0.2, -0.15) is 0 Å². The summed E-state index contributed by atoms with van der Waals surface area (Å²) in [5.41, 5.74) is 0. The van der Waals surface area contributed by atoms with Crippen LogP contribution in [0.4, 0.5) is 18.5 Å². The van der Waals surface area contributed by atoms with Crippen LogP contribution >= 0.6 is 0 Å². The van der Waals surface area contributed by atoms with Crippen LogP contribution in [0.25, 0.3) is 0 Å². The molecule has 0 rings (SSSR count). The average molecular weight is 176 g/mol. The van der Waals surface area contributed by atoms with E-state index in [4.69, 9.17) is 23.0 Å². The van der Waals surface area contributed by atoms with Gasteiger partial charge in [0.1, 0.15) is 0 Å². The van der Waals surface area contributed by atoms with E-state index in [2.05, 4.69) is 0 Å². The molecule has 0 aromatic heterocycles. The first kappa shape index (κ1) is 41.9. The van der Waals surface area contributed by atoms with Gasteiger partial charge >= 0.3 is 23.7 Å². The molecule has 0 heterocycles. The Labute approximate surface area is 53.6 Å². The Bertz CT molecular complexity index is 11.2. The summed E-state index contributed by atoms with van der Waals surface area (Å²) in [4.78, 5) is 0. The standard InChI is InChI=1S/2FHO.2FH.O.Ti/c2*1-2;;;;/h2*2H;2*1H;;. The Morgan fingerprint density at radius 1 is 0.875 bits per heavy atom. The van der Waals surface area contributed by atoms with Crippen molar-refractivity contribution in [2.75, 3.05) is 0 Å². The average Bonchev–Trinajstić information content (AvgIpc) is 1.81. The van der Waals surface area contributed by atoms with E-state index in [1.54, 1.807) is 0 Å². The van der Waals surface area contributed by atoms with Gasteiger partial charge in [0, 0.05) is 0 Å². The molecule has 0 radical (unpaired) electrons. The Morgan fingerprint density at radius 3 is 0.875 bits per heavy atom. The molecule has 0 amide bonds. The summed E-state index contributed by atoms with van der Waals surface area (Å²) in [5.74, 6) is 0. The second-order valence-electron chi connectivity index (χ2n) is 0. The summed E-state index contributed by atoms with van der Waals surface area (Å²) >= 11 is 0.750. The number of halogens is 4. The minimum absolute atomic E-state index is 0. The quantitative estimate of drug-likeness (QED) is 0.400. The monoisotopic (exact) mass is 176 g/mol. The molecule has 0 aliphatic heterocycles. The van der Waals surface area contributed by atoms with Gasteiger partial charge in [0.2, 0.25) is 0 Å². The van der Waals surface area contributed by atoms with E-state index in [1.165, 1.54) is 0 Å². The summed E-state index contributed by atoms with van der Waals surface area (Å²) in [6.07, 6.45) is 0. The molecule has 0 fully saturated rings. The predicted octanol–water partition coefficient (Wildman–Crippen LogP) is -0.0899. The van der Waals surface area contributed by atoms with Gasteiger partial charge in [-0.25, -0.2) is 10.6 Å². The van der Waals surface area contributed by atoms with Gasteiger partial charge in [-0.15, -0.1) is 0 Å². The van der Waals surface area contributed by atoms with E-state index in [0.717, 1.165) is 20.4 Å². The Hall–Kier alpha value is 0.154. The molecule has 0 spiro atoms. The SMILES string of the molecule is F.F.OF.OF.[O]=[Ti]. The van der Waals surface area contributed by atoms with Crippen molar-refractivity contribution in [3.63, 3.8) is 0 Å². The van der Waals surface area contributed by atoms with E-state index in [9.17, 15) is 0 Å². The van der Waals surface area contributed by atoms with Crippen LogP contribution in [0.5, 0.6) is 0 Å². The van der Waals surface area contributed by atoms with E-state index in [-0.39, 0.29) is 9.41 Å². The second-order valence-corrected chi connectivity index (χ2v) is 0. The zero-order valence-corrected chi connectivity index (χ0v) is 4.94. The first-order valence-electron chi connectivity index (χ1n) is 0.542. The molecule has 0 saturated carbocycles. The van der Waals surface area contributed by atoms with Gasteiger partial charge < -0.3 is 0 Å².